The lowest BCUT2D eigenvalue weighted by Gasteiger charge is -2.33. The van der Waals surface area contributed by atoms with Gasteiger partial charge in [-0.05, 0) is 37.6 Å². The largest absolute Gasteiger partial charge is 0.333 e. The van der Waals surface area contributed by atoms with E-state index >= 15 is 0 Å². The van der Waals surface area contributed by atoms with Crippen LogP contribution in [0.4, 0.5) is 8.78 Å². The van der Waals surface area contributed by atoms with E-state index in [-0.39, 0.29) is 11.9 Å². The summed E-state index contributed by atoms with van der Waals surface area (Å²) in [7, 11) is 1.78. The van der Waals surface area contributed by atoms with Gasteiger partial charge in [0.2, 0.25) is 0 Å². The van der Waals surface area contributed by atoms with Crippen LogP contribution in [0.3, 0.4) is 0 Å². The predicted molar refractivity (Wildman–Crippen MR) is 111 cm³/mol. The van der Waals surface area contributed by atoms with Crippen LogP contribution in [0.2, 0.25) is 0 Å². The Bertz CT molecular complexity index is 1290. The van der Waals surface area contributed by atoms with Crippen LogP contribution in [0.5, 0.6) is 0 Å². The van der Waals surface area contributed by atoms with Crippen LogP contribution in [-0.4, -0.2) is 41.9 Å². The van der Waals surface area contributed by atoms with Crippen molar-refractivity contribution in [3.05, 3.63) is 65.7 Å². The minimum Gasteiger partial charge on any atom is -0.330 e. The fraction of sp³-hybridized carbons (Fsp3) is 0.273. The normalized spacial score (nSPS) is 16.2. The molecule has 0 aliphatic carbocycles. The summed E-state index contributed by atoms with van der Waals surface area (Å²) in [4.78, 5) is 19.4. The van der Waals surface area contributed by atoms with Gasteiger partial charge in [-0.15, -0.1) is 0 Å². The number of alkyl halides is 2. The Balaban J connectivity index is 1.47. The third kappa shape index (κ3) is 3.17. The van der Waals surface area contributed by atoms with E-state index in [0.29, 0.717) is 28.8 Å². The van der Waals surface area contributed by atoms with Crippen molar-refractivity contribution in [2.75, 3.05) is 6.54 Å². The van der Waals surface area contributed by atoms with Gasteiger partial charge >= 0.3 is 6.55 Å². The number of halogens is 2. The number of amides is 1. The number of aryl methyl sites for hydroxylation is 1. The maximum Gasteiger partial charge on any atom is 0.333 e. The molecule has 5 rings (SSSR count). The second-order valence-corrected chi connectivity index (χ2v) is 7.66. The van der Waals surface area contributed by atoms with Gasteiger partial charge in [0.1, 0.15) is 0 Å². The minimum atomic E-state index is -2.69. The molecule has 31 heavy (non-hydrogen) atoms. The van der Waals surface area contributed by atoms with Crippen molar-refractivity contribution in [3.63, 3.8) is 0 Å². The van der Waals surface area contributed by atoms with E-state index in [1.165, 1.54) is 12.4 Å². The summed E-state index contributed by atoms with van der Waals surface area (Å²) in [6, 6.07) is 9.03. The highest BCUT2D eigenvalue weighted by Crippen LogP contribution is 2.36. The zero-order chi connectivity index (χ0) is 21.7. The van der Waals surface area contributed by atoms with Gasteiger partial charge in [-0.25, -0.2) is 4.68 Å². The molecule has 4 aromatic rings. The number of pyridine rings is 1. The van der Waals surface area contributed by atoms with Crippen LogP contribution in [0.25, 0.3) is 22.2 Å². The maximum absolute atomic E-state index is 13.3. The highest BCUT2D eigenvalue weighted by molar-refractivity contribution is 5.98. The third-order valence-electron chi connectivity index (χ3n) is 5.83. The Morgan fingerprint density at radius 2 is 2.10 bits per heavy atom. The van der Waals surface area contributed by atoms with E-state index < -0.39 is 6.55 Å². The molecule has 158 valence electrons. The molecule has 1 aliphatic heterocycles. The van der Waals surface area contributed by atoms with Crippen LogP contribution >= 0.6 is 0 Å². The van der Waals surface area contributed by atoms with Crippen molar-refractivity contribution in [2.45, 2.75) is 25.9 Å². The molecule has 4 heterocycles. The van der Waals surface area contributed by atoms with Crippen molar-refractivity contribution in [1.29, 1.82) is 0 Å². The molecule has 1 aliphatic rings. The molecular weight excluding hydrogens is 402 g/mol. The number of carbonyl (C=O) groups excluding carboxylic acids is 1. The van der Waals surface area contributed by atoms with Crippen molar-refractivity contribution < 1.29 is 13.6 Å². The van der Waals surface area contributed by atoms with E-state index in [1.54, 1.807) is 28.9 Å². The second kappa shape index (κ2) is 7.26. The first-order valence-corrected chi connectivity index (χ1v) is 9.98. The molecule has 1 amide bonds. The lowest BCUT2D eigenvalue weighted by Crippen LogP contribution is -2.38. The van der Waals surface area contributed by atoms with Crippen molar-refractivity contribution in [2.24, 2.45) is 7.05 Å². The maximum atomic E-state index is 13.3. The predicted octanol–water partition coefficient (Wildman–Crippen LogP) is 3.99. The second-order valence-electron chi connectivity index (χ2n) is 7.66. The molecule has 0 N–H and O–H groups in total. The molecule has 1 aromatic carbocycles. The van der Waals surface area contributed by atoms with Gasteiger partial charge in [-0.3, -0.25) is 14.5 Å². The van der Waals surface area contributed by atoms with Crippen molar-refractivity contribution >= 4 is 16.8 Å². The average molecular weight is 422 g/mol. The number of hydrogen-bond donors (Lipinski definition) is 0. The Morgan fingerprint density at radius 1 is 1.26 bits per heavy atom. The minimum absolute atomic E-state index is 0.0679. The smallest absolute Gasteiger partial charge is 0.330 e. The molecule has 0 bridgehead atoms. The fourth-order valence-electron chi connectivity index (χ4n) is 4.32. The van der Waals surface area contributed by atoms with Crippen molar-refractivity contribution in [3.8, 4) is 11.3 Å². The van der Waals surface area contributed by atoms with Crippen LogP contribution in [-0.2, 0) is 13.5 Å². The van der Waals surface area contributed by atoms with Gasteiger partial charge in [-0.1, -0.05) is 6.07 Å². The molecule has 7 nitrogen and oxygen atoms in total. The quantitative estimate of drug-likeness (QED) is 0.501. The molecule has 0 fully saturated rings. The standard InChI is InChI=1S/C22H20F2N6O/c1-13-19-17(20(28(2)27-19)16-11-26-30(12-16)22(23)24)7-9-29(13)21(31)15-5-6-18-14(10-15)4-3-8-25-18/h3-6,8,10-13,22H,7,9H2,1-2H3/t13-/m0/s1. The van der Waals surface area contributed by atoms with Crippen LogP contribution in [0.15, 0.2) is 48.9 Å². The first-order valence-electron chi connectivity index (χ1n) is 9.98. The van der Waals surface area contributed by atoms with Crippen molar-refractivity contribution in [1.82, 2.24) is 29.4 Å². The number of rotatable bonds is 3. The molecule has 1 atom stereocenters. The van der Waals surface area contributed by atoms with Gasteiger partial charge in [0.05, 0.1) is 29.1 Å². The Labute approximate surface area is 176 Å². The fourth-order valence-corrected chi connectivity index (χ4v) is 4.32. The summed E-state index contributed by atoms with van der Waals surface area (Å²) >= 11 is 0. The van der Waals surface area contributed by atoms with E-state index in [4.69, 9.17) is 0 Å². The Morgan fingerprint density at radius 3 is 2.87 bits per heavy atom. The summed E-state index contributed by atoms with van der Waals surface area (Å²) in [5.41, 5.74) is 4.54. The number of benzene rings is 1. The topological polar surface area (TPSA) is 68.8 Å². The summed E-state index contributed by atoms with van der Waals surface area (Å²) in [6.45, 7) is -0.237. The summed E-state index contributed by atoms with van der Waals surface area (Å²) in [5, 5.41) is 9.28. The summed E-state index contributed by atoms with van der Waals surface area (Å²) < 4.78 is 28.2. The van der Waals surface area contributed by atoms with E-state index in [9.17, 15) is 13.6 Å². The number of aromatic nitrogens is 5. The van der Waals surface area contributed by atoms with Crippen LogP contribution in [0, 0.1) is 0 Å². The number of hydrogen-bond acceptors (Lipinski definition) is 4. The molecule has 9 heteroatoms. The first-order chi connectivity index (χ1) is 14.9. The molecule has 0 spiro atoms. The zero-order valence-corrected chi connectivity index (χ0v) is 17.0. The van der Waals surface area contributed by atoms with Gasteiger partial charge in [0, 0.05) is 48.1 Å². The number of carbonyl (C=O) groups is 1. The molecule has 0 unspecified atom stereocenters. The molecule has 0 saturated heterocycles. The van der Waals surface area contributed by atoms with E-state index in [0.717, 1.165) is 27.9 Å². The zero-order valence-electron chi connectivity index (χ0n) is 17.0. The Hall–Kier alpha value is -3.62. The monoisotopic (exact) mass is 422 g/mol. The van der Waals surface area contributed by atoms with E-state index in [1.807, 2.05) is 31.2 Å². The van der Waals surface area contributed by atoms with Gasteiger partial charge < -0.3 is 4.90 Å². The van der Waals surface area contributed by atoms with Crippen LogP contribution < -0.4 is 0 Å². The SMILES string of the molecule is C[C@H]1c2nn(C)c(-c3cnn(C(F)F)c3)c2CCN1C(=O)c1ccc2ncccc2c1. The van der Waals surface area contributed by atoms with Gasteiger partial charge in [0.15, 0.2) is 0 Å². The molecular formula is C22H20F2N6O. The highest BCUT2D eigenvalue weighted by Gasteiger charge is 2.33. The van der Waals surface area contributed by atoms with Gasteiger partial charge in [-0.2, -0.15) is 19.0 Å². The lowest BCUT2D eigenvalue weighted by molar-refractivity contribution is 0.0566. The molecule has 0 saturated carbocycles. The molecule has 0 radical (unpaired) electrons. The van der Waals surface area contributed by atoms with Crippen LogP contribution in [0.1, 0.15) is 41.1 Å². The first kappa shape index (κ1) is 19.3. The molecule has 3 aromatic heterocycles. The Kier molecular flexibility index (Phi) is 4.53. The van der Waals surface area contributed by atoms with E-state index in [2.05, 4.69) is 15.2 Å². The lowest BCUT2D eigenvalue weighted by atomic mass is 9.96. The summed E-state index contributed by atoms with van der Waals surface area (Å²) in [6.07, 6.45) is 5.06. The number of nitrogens with zero attached hydrogens (tertiary/aromatic N) is 6. The number of fused-ring (bicyclic) bond motifs is 2. The highest BCUT2D eigenvalue weighted by atomic mass is 19.3. The van der Waals surface area contributed by atoms with Gasteiger partial charge in [0.25, 0.3) is 5.91 Å². The average Bonchev–Trinajstić information content (AvgIpc) is 3.38. The summed E-state index contributed by atoms with van der Waals surface area (Å²) in [5.74, 6) is -0.0679. The third-order valence-corrected chi connectivity index (χ3v) is 5.83.